The van der Waals surface area contributed by atoms with E-state index in [1.807, 2.05) is 60.8 Å². The number of para-hydroxylation sites is 1. The van der Waals surface area contributed by atoms with Gasteiger partial charge < -0.3 is 10.1 Å². The fourth-order valence-electron chi connectivity index (χ4n) is 2.20. The number of hydrogen-bond acceptors (Lipinski definition) is 4. The van der Waals surface area contributed by atoms with Crippen LogP contribution in [0.25, 0.3) is 0 Å². The summed E-state index contributed by atoms with van der Waals surface area (Å²) in [7, 11) is 0. The Hall–Kier alpha value is -1.93. The quantitative estimate of drug-likeness (QED) is 0.533. The van der Waals surface area contributed by atoms with Crippen molar-refractivity contribution in [1.29, 1.82) is 0 Å². The zero-order valence-electron chi connectivity index (χ0n) is 13.7. The average molecular weight is 464 g/mol. The summed E-state index contributed by atoms with van der Waals surface area (Å²) in [5, 5.41) is 5.68. The second kappa shape index (κ2) is 8.44. The molecular formula is C19H17IN2O2S. The number of amides is 1. The Kier molecular flexibility index (Phi) is 6.04. The van der Waals surface area contributed by atoms with Crippen molar-refractivity contribution in [1.82, 2.24) is 4.98 Å². The maximum Gasteiger partial charge on any atom is 0.230 e. The lowest BCUT2D eigenvalue weighted by Crippen LogP contribution is -2.15. The topological polar surface area (TPSA) is 51.2 Å². The monoisotopic (exact) mass is 464 g/mol. The first kappa shape index (κ1) is 17.9. The molecule has 1 aromatic heterocycles. The van der Waals surface area contributed by atoms with E-state index in [4.69, 9.17) is 4.74 Å². The Morgan fingerprint density at radius 3 is 2.72 bits per heavy atom. The highest BCUT2D eigenvalue weighted by Crippen LogP contribution is 2.19. The number of carbonyl (C=O) groups excluding carboxylic acids is 1. The van der Waals surface area contributed by atoms with E-state index in [2.05, 4.69) is 32.9 Å². The fourth-order valence-corrected chi connectivity index (χ4v) is 3.42. The molecule has 25 heavy (non-hydrogen) atoms. The van der Waals surface area contributed by atoms with E-state index in [0.717, 1.165) is 25.7 Å². The Morgan fingerprint density at radius 1 is 1.20 bits per heavy atom. The first-order valence-electron chi connectivity index (χ1n) is 7.77. The predicted molar refractivity (Wildman–Crippen MR) is 109 cm³/mol. The molecule has 3 rings (SSSR count). The van der Waals surface area contributed by atoms with Crippen molar-refractivity contribution in [3.05, 3.63) is 73.7 Å². The van der Waals surface area contributed by atoms with Crippen LogP contribution in [0.4, 0.5) is 5.69 Å². The van der Waals surface area contributed by atoms with Crippen LogP contribution in [0, 0.1) is 10.5 Å². The Labute approximate surface area is 164 Å². The van der Waals surface area contributed by atoms with Gasteiger partial charge in [0.25, 0.3) is 0 Å². The molecule has 0 unspecified atom stereocenters. The first-order valence-corrected chi connectivity index (χ1v) is 9.73. The molecule has 2 aromatic carbocycles. The van der Waals surface area contributed by atoms with Crippen LogP contribution in [-0.4, -0.2) is 10.9 Å². The van der Waals surface area contributed by atoms with Crippen LogP contribution in [0.2, 0.25) is 0 Å². The van der Waals surface area contributed by atoms with Crippen LogP contribution in [-0.2, 0) is 17.8 Å². The molecule has 3 aromatic rings. The zero-order chi connectivity index (χ0) is 17.6. The van der Waals surface area contributed by atoms with Crippen LogP contribution >= 0.6 is 33.9 Å². The standard InChI is InChI=1S/C19H17IN2O2S/c1-13-6-8-15(9-7-13)24-11-19-21-14(12-25-19)10-18(23)22-17-5-3-2-4-16(17)20/h2-9,12H,10-11H2,1H3,(H,22,23). The molecule has 0 saturated heterocycles. The summed E-state index contributed by atoms with van der Waals surface area (Å²) < 4.78 is 6.74. The van der Waals surface area contributed by atoms with E-state index in [1.165, 1.54) is 16.9 Å². The van der Waals surface area contributed by atoms with Crippen molar-refractivity contribution in [2.75, 3.05) is 5.32 Å². The van der Waals surface area contributed by atoms with Crippen molar-refractivity contribution < 1.29 is 9.53 Å². The van der Waals surface area contributed by atoms with E-state index in [0.29, 0.717) is 6.61 Å². The maximum atomic E-state index is 12.2. The highest BCUT2D eigenvalue weighted by atomic mass is 127. The molecule has 128 valence electrons. The number of halogens is 1. The number of rotatable bonds is 6. The number of benzene rings is 2. The minimum atomic E-state index is -0.0691. The Balaban J connectivity index is 1.53. The lowest BCUT2D eigenvalue weighted by molar-refractivity contribution is -0.115. The minimum absolute atomic E-state index is 0.0691. The lowest BCUT2D eigenvalue weighted by Gasteiger charge is -2.06. The van der Waals surface area contributed by atoms with Gasteiger partial charge in [-0.3, -0.25) is 4.79 Å². The third-order valence-electron chi connectivity index (χ3n) is 3.47. The molecule has 1 N–H and O–H groups in total. The molecule has 6 heteroatoms. The smallest absolute Gasteiger partial charge is 0.230 e. The average Bonchev–Trinajstić information content (AvgIpc) is 3.04. The van der Waals surface area contributed by atoms with Crippen LogP contribution in [0.3, 0.4) is 0 Å². The van der Waals surface area contributed by atoms with Crippen LogP contribution in [0.1, 0.15) is 16.3 Å². The number of nitrogens with zero attached hydrogens (tertiary/aromatic N) is 1. The number of ether oxygens (including phenoxy) is 1. The number of aryl methyl sites for hydroxylation is 1. The molecule has 4 nitrogen and oxygen atoms in total. The van der Waals surface area contributed by atoms with Gasteiger partial charge in [-0.05, 0) is 53.8 Å². The van der Waals surface area contributed by atoms with Crippen molar-refractivity contribution in [3.8, 4) is 5.75 Å². The summed E-state index contributed by atoms with van der Waals surface area (Å²) in [6, 6.07) is 15.6. The SMILES string of the molecule is Cc1ccc(OCc2nc(CC(=O)Nc3ccccc3I)cs2)cc1. The molecule has 1 heterocycles. The molecular weight excluding hydrogens is 447 g/mol. The van der Waals surface area contributed by atoms with Gasteiger partial charge in [0.2, 0.25) is 5.91 Å². The summed E-state index contributed by atoms with van der Waals surface area (Å²) in [5.41, 5.74) is 2.78. The summed E-state index contributed by atoms with van der Waals surface area (Å²) >= 11 is 3.71. The van der Waals surface area contributed by atoms with Gasteiger partial charge in [-0.25, -0.2) is 4.98 Å². The molecule has 0 aliphatic carbocycles. The zero-order valence-corrected chi connectivity index (χ0v) is 16.6. The number of carbonyl (C=O) groups is 1. The Morgan fingerprint density at radius 2 is 1.96 bits per heavy atom. The second-order valence-electron chi connectivity index (χ2n) is 5.54. The normalized spacial score (nSPS) is 10.5. The van der Waals surface area contributed by atoms with E-state index < -0.39 is 0 Å². The van der Waals surface area contributed by atoms with Gasteiger partial charge in [-0.2, -0.15) is 0 Å². The molecule has 0 atom stereocenters. The van der Waals surface area contributed by atoms with Crippen LogP contribution in [0.5, 0.6) is 5.75 Å². The van der Waals surface area contributed by atoms with E-state index in [1.54, 1.807) is 0 Å². The predicted octanol–water partition coefficient (Wildman–Crippen LogP) is 4.82. The molecule has 0 aliphatic heterocycles. The van der Waals surface area contributed by atoms with Gasteiger partial charge >= 0.3 is 0 Å². The minimum Gasteiger partial charge on any atom is -0.486 e. The van der Waals surface area contributed by atoms with Crippen molar-refractivity contribution in [2.45, 2.75) is 20.0 Å². The van der Waals surface area contributed by atoms with Crippen molar-refractivity contribution in [2.24, 2.45) is 0 Å². The number of nitrogens with one attached hydrogen (secondary N) is 1. The van der Waals surface area contributed by atoms with E-state index >= 15 is 0 Å². The van der Waals surface area contributed by atoms with Gasteiger partial charge in [-0.1, -0.05) is 29.8 Å². The summed E-state index contributed by atoms with van der Waals surface area (Å²) in [6.07, 6.45) is 0.256. The molecule has 0 radical (unpaired) electrons. The highest BCUT2D eigenvalue weighted by Gasteiger charge is 2.10. The highest BCUT2D eigenvalue weighted by molar-refractivity contribution is 14.1. The van der Waals surface area contributed by atoms with Crippen LogP contribution in [0.15, 0.2) is 53.9 Å². The second-order valence-corrected chi connectivity index (χ2v) is 7.64. The van der Waals surface area contributed by atoms with Gasteiger partial charge in [0.05, 0.1) is 17.8 Å². The van der Waals surface area contributed by atoms with Crippen molar-refractivity contribution in [3.63, 3.8) is 0 Å². The van der Waals surface area contributed by atoms with Crippen molar-refractivity contribution >= 4 is 45.5 Å². The van der Waals surface area contributed by atoms with Gasteiger partial charge in [-0.15, -0.1) is 11.3 Å². The third kappa shape index (κ3) is 5.27. The fraction of sp³-hybridized carbons (Fsp3) is 0.158. The number of thiazole rings is 1. The molecule has 0 fully saturated rings. The summed E-state index contributed by atoms with van der Waals surface area (Å²) in [6.45, 7) is 2.45. The van der Waals surface area contributed by atoms with Gasteiger partial charge in [0.15, 0.2) is 0 Å². The third-order valence-corrected chi connectivity index (χ3v) is 5.28. The van der Waals surface area contributed by atoms with E-state index in [-0.39, 0.29) is 12.3 Å². The largest absolute Gasteiger partial charge is 0.486 e. The van der Waals surface area contributed by atoms with E-state index in [9.17, 15) is 4.79 Å². The van der Waals surface area contributed by atoms with Gasteiger partial charge in [0.1, 0.15) is 17.4 Å². The molecule has 0 bridgehead atoms. The molecule has 1 amide bonds. The summed E-state index contributed by atoms with van der Waals surface area (Å²) in [4.78, 5) is 16.7. The molecule has 0 aliphatic rings. The molecule has 0 saturated carbocycles. The first-order chi connectivity index (χ1) is 12.1. The number of anilines is 1. The summed E-state index contributed by atoms with van der Waals surface area (Å²) in [5.74, 6) is 0.749. The molecule has 0 spiro atoms. The Bertz CT molecular complexity index is 862. The lowest BCUT2D eigenvalue weighted by atomic mass is 10.2. The number of hydrogen-bond donors (Lipinski definition) is 1. The number of aromatic nitrogens is 1. The van der Waals surface area contributed by atoms with Gasteiger partial charge in [0, 0.05) is 8.95 Å². The van der Waals surface area contributed by atoms with Crippen LogP contribution < -0.4 is 10.1 Å². The maximum absolute atomic E-state index is 12.2.